The van der Waals surface area contributed by atoms with Crippen molar-refractivity contribution in [1.82, 2.24) is 9.62 Å². The van der Waals surface area contributed by atoms with Gasteiger partial charge in [0.15, 0.2) is 40.5 Å². The van der Waals surface area contributed by atoms with Crippen LogP contribution >= 0.6 is 0 Å². The maximum Gasteiger partial charge on any atom is 0.226 e. The van der Waals surface area contributed by atoms with Crippen LogP contribution in [0.15, 0.2) is 82.0 Å². The minimum Gasteiger partial charge on any atom is -0.325 e. The molecule has 142 heavy (non-hydrogen) atoms. The fraction of sp³-hybridized carbons (Fsp3) is 0.789. The van der Waals surface area contributed by atoms with Crippen molar-refractivity contribution in [3.8, 4) is 0 Å². The number of sulfonamides is 1. The van der Waals surface area contributed by atoms with Crippen LogP contribution in [0.3, 0.4) is 0 Å². The predicted molar refractivity (Wildman–Crippen MR) is 561 cm³/mol. The lowest BCUT2D eigenvalue weighted by molar-refractivity contribution is -0.213. The van der Waals surface area contributed by atoms with Crippen molar-refractivity contribution in [3.63, 3.8) is 0 Å². The molecule has 29 atom stereocenters. The predicted octanol–water partition coefficient (Wildman–Crippen LogP) is 25.4. The Bertz CT molecular complexity index is 6030. The van der Waals surface area contributed by atoms with Crippen molar-refractivity contribution < 1.29 is 46.8 Å². The molecular formula is C123H176N8O10S. The van der Waals surface area contributed by atoms with Crippen molar-refractivity contribution >= 4 is 56.3 Å². The Morgan fingerprint density at radius 2 is 0.620 bits per heavy atom. The summed E-state index contributed by atoms with van der Waals surface area (Å²) < 4.78 is 28.3. The number of nitrogens with two attached hydrogens (primary N) is 2. The van der Waals surface area contributed by atoms with Gasteiger partial charge >= 0.3 is 0 Å². The van der Waals surface area contributed by atoms with Crippen molar-refractivity contribution in [2.24, 2.45) is 197 Å². The van der Waals surface area contributed by atoms with Crippen molar-refractivity contribution in [2.45, 2.75) is 402 Å². The van der Waals surface area contributed by atoms with Gasteiger partial charge in [-0.3, -0.25) is 19.2 Å². The van der Waals surface area contributed by atoms with Gasteiger partial charge < -0.3 is 35.5 Å². The van der Waals surface area contributed by atoms with Crippen molar-refractivity contribution in [2.75, 3.05) is 20.4 Å². The zero-order valence-electron chi connectivity index (χ0n) is 92.9. The van der Waals surface area contributed by atoms with Gasteiger partial charge in [-0.2, -0.15) is 0 Å². The van der Waals surface area contributed by atoms with Gasteiger partial charge in [0.25, 0.3) is 0 Å². The molecule has 20 aliphatic rings. The molecule has 774 valence electrons. The first-order valence-corrected chi connectivity index (χ1v) is 56.9. The van der Waals surface area contributed by atoms with Gasteiger partial charge in [0.2, 0.25) is 32.8 Å². The van der Waals surface area contributed by atoms with Crippen LogP contribution in [0.25, 0.3) is 19.4 Å². The lowest BCUT2D eigenvalue weighted by Crippen LogP contribution is -2.71. The Hall–Kier alpha value is -6.71. The molecule has 20 aliphatic carbocycles. The van der Waals surface area contributed by atoms with Crippen molar-refractivity contribution in [3.05, 3.63) is 128 Å². The normalized spacial score (nSPS) is 48.0. The third-order valence-electron chi connectivity index (χ3n) is 49.3. The lowest BCUT2D eigenvalue weighted by Gasteiger charge is -2.71. The van der Waals surface area contributed by atoms with E-state index < -0.39 is 53.5 Å². The first-order valence-electron chi connectivity index (χ1n) is 55.1. The first kappa shape index (κ1) is 107. The quantitative estimate of drug-likeness (QED) is 0.223. The topological polar surface area (TPSA) is 255 Å². The van der Waals surface area contributed by atoms with E-state index in [1.807, 2.05) is 97.9 Å². The van der Waals surface area contributed by atoms with E-state index in [2.05, 4.69) is 182 Å². The zero-order chi connectivity index (χ0) is 105. The number of fused-ring (bicyclic) bond motifs is 28. The average Bonchev–Trinajstić information content (AvgIpc) is 0.683. The molecular weight excluding hydrogens is 1780 g/mol. The Kier molecular flexibility index (Phi) is 24.3. The summed E-state index contributed by atoms with van der Waals surface area (Å²) in [5, 5.41) is 0. The van der Waals surface area contributed by atoms with Gasteiger partial charge in [-0.05, 0) is 336 Å². The molecule has 0 heterocycles. The number of hydrogen-bond acceptors (Lipinski definition) is 13. The molecule has 0 aliphatic heterocycles. The fourth-order valence-electron chi connectivity index (χ4n) is 40.5. The summed E-state index contributed by atoms with van der Waals surface area (Å²) in [6.45, 7) is 93.4. The standard InChI is InChI=1S/C32H46N2O2.C31H44N2O4S.C30H44N2O2.C30H42N2O2/c1-27(2)13-15-32(34(9)10)16-14-31(7)25(20(32)18-27)22(35)17-24-29(5)19-21(33-8)26(36)28(3,4)23(29)11-12-30(24,31)6;1-26(2)12-14-31(33-38(9,36)37)15-13-30(7)24(19(31)17-26)21(34)16-23-28(5)18-20(32-8)25(35)27(3,4)22(28)10-11-29(23,30)6;2*1-25(2)11-13-30(31)14-12-29(7)23(18(30)16-25)20(33)15-22-27(5)17-19(32-8)24(34)26(3,4)21(27)9-10-28(22,29)6/h17,19-20,23,25H,11-16,18H2,1-7,9-10H3;16,18-19,22,24,33H,10-15,17H2,1-7,9H3;17-18,21-23H,9-16,31H2,1-7H3;15,17-18,21,23H,9-14,16,31H2,1-7H3/t20?,23-,25?,29-,30+,31+,32-;19?,22-,24?,28-,29+,30+,31-;18?,21-,22+,23?,27-,28+,29+,30-;18?,21-,23?,27-,28+,29+,30-/m0000/s1. The van der Waals surface area contributed by atoms with E-state index in [1.54, 1.807) is 0 Å². The van der Waals surface area contributed by atoms with E-state index in [0.717, 1.165) is 179 Å². The Morgan fingerprint density at radius 3 is 1.00 bits per heavy atom. The number of allylic oxidation sites excluding steroid dienone is 14. The van der Waals surface area contributed by atoms with E-state index in [-0.39, 0.29) is 216 Å². The molecule has 0 spiro atoms. The van der Waals surface area contributed by atoms with Crippen LogP contribution < -0.4 is 16.2 Å². The highest BCUT2D eigenvalue weighted by molar-refractivity contribution is 7.88. The van der Waals surface area contributed by atoms with Gasteiger partial charge in [-0.1, -0.05) is 235 Å². The average molecular weight is 1960 g/mol. The molecule has 5 N–H and O–H groups in total. The summed E-state index contributed by atoms with van der Waals surface area (Å²) in [4.78, 5) is 127. The number of Topliss-reactive ketones (excluding diaryl/α,β-unsaturated/α-hetero) is 5. The smallest absolute Gasteiger partial charge is 0.226 e. The molecule has 8 unspecified atom stereocenters. The molecule has 0 aromatic heterocycles. The highest BCUT2D eigenvalue weighted by Crippen LogP contribution is 2.81. The third kappa shape index (κ3) is 14.5. The fourth-order valence-corrected chi connectivity index (χ4v) is 41.5. The minimum atomic E-state index is -3.45. The second kappa shape index (κ2) is 32.4. The number of hydrogen-bond donors (Lipinski definition) is 3. The minimum absolute atomic E-state index is 0.0140. The van der Waals surface area contributed by atoms with Gasteiger partial charge in [0.1, 0.15) is 5.78 Å². The molecule has 0 radical (unpaired) electrons. The highest BCUT2D eigenvalue weighted by Gasteiger charge is 2.78. The zero-order valence-corrected chi connectivity index (χ0v) is 93.8. The maximum absolute atomic E-state index is 14.4. The summed E-state index contributed by atoms with van der Waals surface area (Å²) in [7, 11) is 1.01. The largest absolute Gasteiger partial charge is 0.325 e. The Balaban J connectivity index is 0.000000130. The summed E-state index contributed by atoms with van der Waals surface area (Å²) in [6.07, 6.45) is 43.0. The van der Waals surface area contributed by atoms with E-state index >= 15 is 0 Å². The molecule has 20 rings (SSSR count). The number of ketones is 8. The molecule has 0 aromatic rings. The SMILES string of the molecule is [C-]#[N+]C1=C[C@]2(C)C3=CC(=O)C4C5CC(C)(C)CC[C@]5(N(C)C)CC[C@@]4(C)[C@]3(C)CC[C@H]2C(C)(C)C1=O.[C-]#[N+]C1=C[C@]2(C)C3=CC(=O)C4C5CC(C)(C)CC[C@]5(N)CC[C@@]4(C)[C@]3(C)CC[C@H]2C(C)(C)C1=O.[C-]#[N+]C1=C[C@]2(C)C3=CC(=O)C4C5CC(C)(C)CC[C@]5(NS(C)(=O)=O)CC[C@@]4(C)[C@]3(C)CC[C@H]2C(C)(C)C1=O.[C-]#[N+]C1=C[C@]2(C)[C@H]3CC(=O)C4C5CC(C)(C)CC[C@]5(N)CC[C@@]4(C)[C@]3(C)CC[C@H]2C(C)(C)C1=O. The lowest BCUT2D eigenvalue weighted by atomic mass is 9.32. The second-order valence-corrected chi connectivity index (χ2v) is 61.6. The molecule has 0 aromatic carbocycles. The molecule has 13 fully saturated rings. The molecule has 0 amide bonds. The number of carbonyl (C=O) groups excluding carboxylic acids is 8. The van der Waals surface area contributed by atoms with Crippen LogP contribution in [0.5, 0.6) is 0 Å². The van der Waals surface area contributed by atoms with Crippen LogP contribution in [0, 0.1) is 212 Å². The number of nitrogens with zero attached hydrogens (tertiary/aromatic N) is 5. The maximum atomic E-state index is 14.4. The molecule has 19 heteroatoms. The monoisotopic (exact) mass is 1960 g/mol. The molecule has 0 saturated heterocycles. The molecule has 0 bridgehead atoms. The van der Waals surface area contributed by atoms with Crippen LogP contribution in [0.2, 0.25) is 0 Å². The summed E-state index contributed by atoms with van der Waals surface area (Å²) in [6, 6.07) is 0. The van der Waals surface area contributed by atoms with Crippen molar-refractivity contribution in [1.29, 1.82) is 0 Å². The van der Waals surface area contributed by atoms with Crippen LogP contribution in [0.4, 0.5) is 0 Å². The summed E-state index contributed by atoms with van der Waals surface area (Å²) in [5.41, 5.74) is 12.8. The summed E-state index contributed by atoms with van der Waals surface area (Å²) >= 11 is 0. The summed E-state index contributed by atoms with van der Waals surface area (Å²) in [5.74, 6) is 1.81. The van der Waals surface area contributed by atoms with Crippen LogP contribution in [-0.2, 0) is 48.4 Å². The van der Waals surface area contributed by atoms with Crippen LogP contribution in [0.1, 0.15) is 380 Å². The Morgan fingerprint density at radius 1 is 0.331 bits per heavy atom. The van der Waals surface area contributed by atoms with E-state index in [0.29, 0.717) is 23.9 Å². The number of rotatable bonds is 3. The van der Waals surface area contributed by atoms with Gasteiger partial charge in [-0.25, -0.2) is 32.5 Å². The van der Waals surface area contributed by atoms with E-state index in [1.165, 1.54) is 23.8 Å². The van der Waals surface area contributed by atoms with Gasteiger partial charge in [-0.15, -0.1) is 0 Å². The Labute approximate surface area is 854 Å². The highest BCUT2D eigenvalue weighted by atomic mass is 32.2. The first-order chi connectivity index (χ1) is 64.9. The number of nitrogens with one attached hydrogen (secondary N) is 1. The third-order valence-corrected chi connectivity index (χ3v) is 50.1. The molecule has 13 saturated carbocycles. The van der Waals surface area contributed by atoms with Gasteiger partial charge in [0, 0.05) is 90.2 Å². The van der Waals surface area contributed by atoms with E-state index in [4.69, 9.17) is 37.8 Å². The van der Waals surface area contributed by atoms with E-state index in [9.17, 15) is 46.8 Å². The van der Waals surface area contributed by atoms with Gasteiger partial charge in [0.05, 0.1) is 32.5 Å². The molecule has 18 nitrogen and oxygen atoms in total. The number of carbonyl (C=O) groups is 8. The second-order valence-electron chi connectivity index (χ2n) is 59.8. The van der Waals surface area contributed by atoms with Crippen LogP contribution in [-0.4, -0.2) is 102 Å².